The number of aryl methyl sites for hydroxylation is 1. The molecular formula is C11H8ClN3S. The van der Waals surface area contributed by atoms with E-state index in [4.69, 9.17) is 11.6 Å². The van der Waals surface area contributed by atoms with Gasteiger partial charge in [-0.1, -0.05) is 11.6 Å². The summed E-state index contributed by atoms with van der Waals surface area (Å²) in [5.74, 6) is 0. The monoisotopic (exact) mass is 249 g/mol. The minimum absolute atomic E-state index is 0.700. The Morgan fingerprint density at radius 3 is 2.81 bits per heavy atom. The van der Waals surface area contributed by atoms with Crippen LogP contribution in [0.25, 0.3) is 17.0 Å². The van der Waals surface area contributed by atoms with Crippen LogP contribution < -0.4 is 0 Å². The van der Waals surface area contributed by atoms with Crippen molar-refractivity contribution in [3.05, 3.63) is 39.9 Å². The maximum absolute atomic E-state index is 5.92. The van der Waals surface area contributed by atoms with E-state index in [0.29, 0.717) is 5.02 Å². The number of nitrogens with zero attached hydrogens (tertiary/aromatic N) is 3. The molecule has 0 saturated heterocycles. The molecule has 0 radical (unpaired) electrons. The van der Waals surface area contributed by atoms with Gasteiger partial charge >= 0.3 is 0 Å². The average Bonchev–Trinajstić information content (AvgIpc) is 2.83. The molecule has 0 aliphatic rings. The van der Waals surface area contributed by atoms with Gasteiger partial charge < -0.3 is 4.40 Å². The fourth-order valence-corrected chi connectivity index (χ4v) is 2.34. The van der Waals surface area contributed by atoms with E-state index in [1.165, 1.54) is 0 Å². The van der Waals surface area contributed by atoms with Crippen LogP contribution >= 0.6 is 22.9 Å². The first kappa shape index (κ1) is 9.81. The SMILES string of the molecule is Cc1nc(-c2cn3cc(Cl)ccc3n2)cs1. The summed E-state index contributed by atoms with van der Waals surface area (Å²) in [6, 6.07) is 3.73. The van der Waals surface area contributed by atoms with E-state index >= 15 is 0 Å². The highest BCUT2D eigenvalue weighted by molar-refractivity contribution is 7.09. The van der Waals surface area contributed by atoms with Crippen molar-refractivity contribution in [2.24, 2.45) is 0 Å². The number of hydrogen-bond donors (Lipinski definition) is 0. The van der Waals surface area contributed by atoms with Gasteiger partial charge in [-0.25, -0.2) is 9.97 Å². The first-order valence-corrected chi connectivity index (χ1v) is 6.05. The first-order valence-electron chi connectivity index (χ1n) is 4.79. The summed E-state index contributed by atoms with van der Waals surface area (Å²) in [6.45, 7) is 1.99. The average molecular weight is 250 g/mol. The predicted octanol–water partition coefficient (Wildman–Crippen LogP) is 3.42. The Labute approximate surface area is 101 Å². The number of aromatic nitrogens is 3. The number of halogens is 1. The van der Waals surface area contributed by atoms with E-state index in [2.05, 4.69) is 9.97 Å². The Morgan fingerprint density at radius 2 is 2.06 bits per heavy atom. The lowest BCUT2D eigenvalue weighted by Gasteiger charge is -1.91. The van der Waals surface area contributed by atoms with Gasteiger partial charge in [0.1, 0.15) is 17.0 Å². The highest BCUT2D eigenvalue weighted by atomic mass is 35.5. The minimum Gasteiger partial charge on any atom is -0.305 e. The van der Waals surface area contributed by atoms with Crippen molar-refractivity contribution in [1.29, 1.82) is 0 Å². The predicted molar refractivity (Wildman–Crippen MR) is 66.0 cm³/mol. The number of imidazole rings is 1. The Bertz CT molecular complexity index is 656. The molecule has 3 aromatic rings. The molecule has 5 heteroatoms. The minimum atomic E-state index is 0.700. The van der Waals surface area contributed by atoms with Gasteiger partial charge in [0.2, 0.25) is 0 Å². The fraction of sp³-hybridized carbons (Fsp3) is 0.0909. The molecule has 0 fully saturated rings. The van der Waals surface area contributed by atoms with E-state index in [0.717, 1.165) is 22.0 Å². The molecule has 0 aromatic carbocycles. The van der Waals surface area contributed by atoms with Crippen LogP contribution in [0.4, 0.5) is 0 Å². The first-order chi connectivity index (χ1) is 7.72. The quantitative estimate of drug-likeness (QED) is 0.662. The lowest BCUT2D eigenvalue weighted by molar-refractivity contribution is 1.19. The van der Waals surface area contributed by atoms with E-state index in [1.54, 1.807) is 11.3 Å². The van der Waals surface area contributed by atoms with Crippen molar-refractivity contribution in [2.45, 2.75) is 6.92 Å². The van der Waals surface area contributed by atoms with Gasteiger partial charge in [0.15, 0.2) is 0 Å². The summed E-state index contributed by atoms with van der Waals surface area (Å²) in [5, 5.41) is 3.76. The second-order valence-electron chi connectivity index (χ2n) is 3.49. The van der Waals surface area contributed by atoms with Gasteiger partial charge in [-0.2, -0.15) is 0 Å². The Morgan fingerprint density at radius 1 is 1.19 bits per heavy atom. The lowest BCUT2D eigenvalue weighted by atomic mass is 10.4. The van der Waals surface area contributed by atoms with E-state index in [9.17, 15) is 0 Å². The molecule has 0 N–H and O–H groups in total. The second kappa shape index (κ2) is 3.57. The van der Waals surface area contributed by atoms with Crippen molar-refractivity contribution >= 4 is 28.6 Å². The van der Waals surface area contributed by atoms with Crippen molar-refractivity contribution in [2.75, 3.05) is 0 Å². The summed E-state index contributed by atoms with van der Waals surface area (Å²) >= 11 is 7.54. The van der Waals surface area contributed by atoms with Crippen LogP contribution in [0.2, 0.25) is 5.02 Å². The number of fused-ring (bicyclic) bond motifs is 1. The summed E-state index contributed by atoms with van der Waals surface area (Å²) < 4.78 is 1.91. The van der Waals surface area contributed by atoms with Crippen molar-refractivity contribution in [1.82, 2.24) is 14.4 Å². The molecule has 3 nitrogen and oxygen atoms in total. The lowest BCUT2D eigenvalue weighted by Crippen LogP contribution is -1.79. The highest BCUT2D eigenvalue weighted by Crippen LogP contribution is 2.22. The zero-order valence-electron chi connectivity index (χ0n) is 8.51. The number of hydrogen-bond acceptors (Lipinski definition) is 3. The maximum Gasteiger partial charge on any atom is 0.137 e. The van der Waals surface area contributed by atoms with Crippen molar-refractivity contribution in [3.63, 3.8) is 0 Å². The molecule has 16 heavy (non-hydrogen) atoms. The third-order valence-corrected chi connectivity index (χ3v) is 3.29. The fourth-order valence-electron chi connectivity index (χ4n) is 1.57. The van der Waals surface area contributed by atoms with Crippen LogP contribution in [0.5, 0.6) is 0 Å². The molecule has 80 valence electrons. The Balaban J connectivity index is 2.18. The van der Waals surface area contributed by atoms with E-state index < -0.39 is 0 Å². The molecule has 0 unspecified atom stereocenters. The van der Waals surface area contributed by atoms with Gasteiger partial charge in [0.25, 0.3) is 0 Å². The Kier molecular flexibility index (Phi) is 2.19. The molecular weight excluding hydrogens is 242 g/mol. The van der Waals surface area contributed by atoms with Gasteiger partial charge in [0, 0.05) is 17.8 Å². The van der Waals surface area contributed by atoms with Gasteiger partial charge in [0.05, 0.1) is 10.0 Å². The van der Waals surface area contributed by atoms with Gasteiger partial charge in [-0.3, -0.25) is 0 Å². The third kappa shape index (κ3) is 1.60. The molecule has 0 aliphatic heterocycles. The third-order valence-electron chi connectivity index (χ3n) is 2.30. The molecule has 3 aromatic heterocycles. The number of thiazole rings is 1. The molecule has 0 bridgehead atoms. The second-order valence-corrected chi connectivity index (χ2v) is 4.99. The molecule has 0 saturated carbocycles. The standard InChI is InChI=1S/C11H8ClN3S/c1-7-13-10(6-16-7)9-5-15-4-8(12)2-3-11(15)14-9/h2-6H,1H3. The molecule has 3 rings (SSSR count). The molecule has 3 heterocycles. The number of pyridine rings is 1. The summed E-state index contributed by atoms with van der Waals surface area (Å²) in [6.07, 6.45) is 3.78. The zero-order chi connectivity index (χ0) is 11.1. The Hall–Kier alpha value is -1.39. The smallest absolute Gasteiger partial charge is 0.137 e. The van der Waals surface area contributed by atoms with Crippen LogP contribution in [-0.4, -0.2) is 14.4 Å². The largest absolute Gasteiger partial charge is 0.305 e. The summed E-state index contributed by atoms with van der Waals surface area (Å²) in [5.41, 5.74) is 2.68. The summed E-state index contributed by atoms with van der Waals surface area (Å²) in [7, 11) is 0. The van der Waals surface area contributed by atoms with Crippen LogP contribution in [0, 0.1) is 6.92 Å². The van der Waals surface area contributed by atoms with Crippen molar-refractivity contribution in [3.8, 4) is 11.4 Å². The van der Waals surface area contributed by atoms with Gasteiger partial charge in [-0.15, -0.1) is 11.3 Å². The molecule has 0 aliphatic carbocycles. The summed E-state index contributed by atoms with van der Waals surface area (Å²) in [4.78, 5) is 8.89. The van der Waals surface area contributed by atoms with Crippen LogP contribution in [0.15, 0.2) is 29.9 Å². The van der Waals surface area contributed by atoms with Crippen LogP contribution in [-0.2, 0) is 0 Å². The van der Waals surface area contributed by atoms with E-state index in [1.807, 2.05) is 41.2 Å². The van der Waals surface area contributed by atoms with Crippen LogP contribution in [0.3, 0.4) is 0 Å². The van der Waals surface area contributed by atoms with Crippen LogP contribution in [0.1, 0.15) is 5.01 Å². The normalized spacial score (nSPS) is 11.1. The van der Waals surface area contributed by atoms with Gasteiger partial charge in [-0.05, 0) is 19.1 Å². The zero-order valence-corrected chi connectivity index (χ0v) is 10.1. The van der Waals surface area contributed by atoms with Crippen molar-refractivity contribution < 1.29 is 0 Å². The highest BCUT2D eigenvalue weighted by Gasteiger charge is 2.07. The molecule has 0 amide bonds. The van der Waals surface area contributed by atoms with E-state index in [-0.39, 0.29) is 0 Å². The molecule has 0 spiro atoms. The topological polar surface area (TPSA) is 30.2 Å². The maximum atomic E-state index is 5.92. The number of rotatable bonds is 1. The molecule has 0 atom stereocenters.